The van der Waals surface area contributed by atoms with E-state index in [1.807, 2.05) is 0 Å². The molecular formula is C54H48N2O18. The van der Waals surface area contributed by atoms with Gasteiger partial charge in [-0.1, -0.05) is 84.9 Å². The Hall–Kier alpha value is -9.72. The highest BCUT2D eigenvalue weighted by Crippen LogP contribution is 2.53. The Kier molecular flexibility index (Phi) is 16.2. The number of benzene rings is 6. The summed E-state index contributed by atoms with van der Waals surface area (Å²) in [5.74, 6) is -12.1. The van der Waals surface area contributed by atoms with Crippen molar-refractivity contribution in [2.75, 3.05) is 14.2 Å². The number of aromatic hydroxyl groups is 7. The lowest BCUT2D eigenvalue weighted by Crippen LogP contribution is -2.44. The topological polar surface area (TPSA) is 314 Å². The van der Waals surface area contributed by atoms with Crippen LogP contribution in [0.25, 0.3) is 6.08 Å². The van der Waals surface area contributed by atoms with Gasteiger partial charge in [0.25, 0.3) is 11.8 Å². The molecule has 7 rings (SSSR count). The van der Waals surface area contributed by atoms with Crippen LogP contribution in [0.5, 0.6) is 46.0 Å². The monoisotopic (exact) mass is 1010 g/mol. The van der Waals surface area contributed by atoms with Crippen molar-refractivity contribution >= 4 is 41.8 Å². The summed E-state index contributed by atoms with van der Waals surface area (Å²) < 4.78 is 28.0. The van der Waals surface area contributed by atoms with Crippen molar-refractivity contribution in [2.24, 2.45) is 0 Å². The quantitative estimate of drug-likeness (QED) is 0.0230. The number of hydrogen-bond acceptors (Lipinski definition) is 18. The maximum atomic E-state index is 15.1. The van der Waals surface area contributed by atoms with Gasteiger partial charge in [0.1, 0.15) is 12.0 Å². The summed E-state index contributed by atoms with van der Waals surface area (Å²) in [5, 5.41) is 77.6. The molecule has 0 aliphatic carbocycles. The van der Waals surface area contributed by atoms with Gasteiger partial charge in [-0.3, -0.25) is 14.4 Å². The van der Waals surface area contributed by atoms with Gasteiger partial charge in [0, 0.05) is 24.5 Å². The number of phenolic OH excluding ortho intramolecular Hbond substituents is 7. The highest BCUT2D eigenvalue weighted by molar-refractivity contribution is 5.94. The first-order valence-corrected chi connectivity index (χ1v) is 22.5. The van der Waals surface area contributed by atoms with E-state index in [-0.39, 0.29) is 39.1 Å². The maximum Gasteiger partial charge on any atom is 0.333 e. The first-order chi connectivity index (χ1) is 35.5. The zero-order valence-electron chi connectivity index (χ0n) is 39.3. The molecule has 1 aliphatic rings. The summed E-state index contributed by atoms with van der Waals surface area (Å²) >= 11 is 0. The van der Waals surface area contributed by atoms with Crippen molar-refractivity contribution in [1.82, 2.24) is 10.6 Å². The number of rotatable bonds is 18. The Morgan fingerprint density at radius 2 is 1.08 bits per heavy atom. The van der Waals surface area contributed by atoms with Crippen LogP contribution in [0, 0.1) is 0 Å². The molecular weight excluding hydrogens is 965 g/mol. The number of fused-ring (bicyclic) bond motifs is 1. The zero-order valence-corrected chi connectivity index (χ0v) is 39.3. The van der Waals surface area contributed by atoms with Crippen LogP contribution >= 0.6 is 0 Å². The standard InChI is InChI=1S/C54H48N2O18/c1-70-53(68)46(30-9-5-3-6-10-30)55-50(65)41(25-29-14-19-35(58)39(62)24-29)73-52(67)45-44-32(16-21-37(60)49(44)74-48(45)33-17-20-36(59)40(63)26-33)27-42(72-43(64)22-15-28-13-18-34(57)38(61)23-28)51(66)56-47(54(69)71-2)31-11-7-4-8-12-31/h3-24,26,41-42,45-48,57-63H,25,27H2,1-2H3,(H,55,65)(H,56,66)/b22-15+/t41-,42-,45+,46-,47-,48-/m1/s1. The highest BCUT2D eigenvalue weighted by Gasteiger charge is 2.47. The number of esters is 4. The average molecular weight is 1010 g/mol. The molecule has 0 saturated heterocycles. The van der Waals surface area contributed by atoms with E-state index in [4.69, 9.17) is 23.7 Å². The molecule has 0 saturated carbocycles. The number of ether oxygens (including phenoxy) is 5. The van der Waals surface area contributed by atoms with E-state index in [9.17, 15) is 59.7 Å². The normalized spacial score (nSPS) is 15.3. The van der Waals surface area contributed by atoms with Crippen molar-refractivity contribution < 1.29 is 88.2 Å². The van der Waals surface area contributed by atoms with Crippen LogP contribution in [0.15, 0.2) is 133 Å². The van der Waals surface area contributed by atoms with Crippen molar-refractivity contribution in [2.45, 2.75) is 49.2 Å². The molecule has 6 atom stereocenters. The van der Waals surface area contributed by atoms with Crippen LogP contribution in [-0.2, 0) is 60.6 Å². The molecule has 20 nitrogen and oxygen atoms in total. The molecule has 0 spiro atoms. The Morgan fingerprint density at radius 3 is 1.62 bits per heavy atom. The van der Waals surface area contributed by atoms with Gasteiger partial charge in [-0.05, 0) is 81.9 Å². The van der Waals surface area contributed by atoms with E-state index in [0.29, 0.717) is 5.56 Å². The summed E-state index contributed by atoms with van der Waals surface area (Å²) in [6.45, 7) is 0. The van der Waals surface area contributed by atoms with E-state index in [1.54, 1.807) is 48.5 Å². The number of carbonyl (C=O) groups is 6. The lowest BCUT2D eigenvalue weighted by molar-refractivity contribution is -0.159. The van der Waals surface area contributed by atoms with Gasteiger partial charge in [0.2, 0.25) is 0 Å². The maximum absolute atomic E-state index is 15.1. The first-order valence-electron chi connectivity index (χ1n) is 22.5. The molecule has 20 heteroatoms. The smallest absolute Gasteiger partial charge is 0.333 e. The first kappa shape index (κ1) is 52.1. The van der Waals surface area contributed by atoms with Crippen LogP contribution in [0.4, 0.5) is 0 Å². The summed E-state index contributed by atoms with van der Waals surface area (Å²) in [6, 6.07) is 26.2. The molecule has 0 unspecified atom stereocenters. The Morgan fingerprint density at radius 1 is 0.568 bits per heavy atom. The molecule has 0 fully saturated rings. The van der Waals surface area contributed by atoms with Gasteiger partial charge < -0.3 is 70.1 Å². The third kappa shape index (κ3) is 12.1. The third-order valence-electron chi connectivity index (χ3n) is 11.8. The van der Waals surface area contributed by atoms with Crippen molar-refractivity contribution in [1.29, 1.82) is 0 Å². The summed E-state index contributed by atoms with van der Waals surface area (Å²) in [7, 11) is 2.20. The second-order valence-electron chi connectivity index (χ2n) is 16.7. The van der Waals surface area contributed by atoms with Gasteiger partial charge >= 0.3 is 23.9 Å². The van der Waals surface area contributed by atoms with Crippen LogP contribution in [0.1, 0.15) is 63.0 Å². The molecule has 6 aromatic rings. The van der Waals surface area contributed by atoms with Crippen LogP contribution in [0.3, 0.4) is 0 Å². The fraction of sp³-hybridized carbons (Fsp3) is 0.185. The zero-order chi connectivity index (χ0) is 53.2. The Balaban J connectivity index is 1.31. The molecule has 0 aromatic heterocycles. The second kappa shape index (κ2) is 23.0. The highest BCUT2D eigenvalue weighted by atomic mass is 16.6. The van der Waals surface area contributed by atoms with Gasteiger partial charge in [0.15, 0.2) is 70.3 Å². The number of carbonyl (C=O) groups excluding carboxylic acids is 6. The average Bonchev–Trinajstić information content (AvgIpc) is 3.82. The minimum atomic E-state index is -1.87. The minimum absolute atomic E-state index is 0.000688. The Labute approximate surface area is 421 Å². The van der Waals surface area contributed by atoms with Crippen molar-refractivity contribution in [3.8, 4) is 46.0 Å². The number of nitrogens with one attached hydrogen (secondary N) is 2. The molecule has 1 heterocycles. The van der Waals surface area contributed by atoms with Gasteiger partial charge in [-0.2, -0.15) is 0 Å². The predicted molar refractivity (Wildman–Crippen MR) is 258 cm³/mol. The van der Waals surface area contributed by atoms with E-state index >= 15 is 4.79 Å². The lowest BCUT2D eigenvalue weighted by atomic mass is 9.86. The van der Waals surface area contributed by atoms with Crippen LogP contribution < -0.4 is 15.4 Å². The SMILES string of the molecule is COC(=O)[C@H](NC(=O)[C@@H](Cc1ccc(O)c2c1[C@H](C(=O)O[C@H](Cc1ccc(O)c(O)c1)C(=O)N[C@@H](C(=O)OC)c1ccccc1)[C@@H](c1ccc(O)c(O)c1)O2)OC(=O)/C=C/c1ccc(O)c(O)c1)c1ccccc1. The van der Waals surface area contributed by atoms with Crippen LogP contribution in [0.2, 0.25) is 0 Å². The van der Waals surface area contributed by atoms with Gasteiger partial charge in [0.05, 0.1) is 14.2 Å². The largest absolute Gasteiger partial charge is 0.504 e. The summed E-state index contributed by atoms with van der Waals surface area (Å²) in [4.78, 5) is 83.9. The van der Waals surface area contributed by atoms with E-state index in [0.717, 1.165) is 56.7 Å². The molecule has 9 N–H and O–H groups in total. The fourth-order valence-corrected chi connectivity index (χ4v) is 8.08. The van der Waals surface area contributed by atoms with Gasteiger partial charge in [-0.25, -0.2) is 14.4 Å². The summed E-state index contributed by atoms with van der Waals surface area (Å²) in [5.41, 5.74) is 0.844. The Bertz CT molecular complexity index is 3110. The number of phenols is 7. The molecule has 6 aromatic carbocycles. The predicted octanol–water partition coefficient (Wildman–Crippen LogP) is 5.23. The van der Waals surface area contributed by atoms with Crippen molar-refractivity contribution in [3.63, 3.8) is 0 Å². The number of hydrogen-bond donors (Lipinski definition) is 9. The fourth-order valence-electron chi connectivity index (χ4n) is 8.08. The molecule has 382 valence electrons. The molecule has 1 aliphatic heterocycles. The van der Waals surface area contributed by atoms with E-state index in [1.165, 1.54) is 48.5 Å². The molecule has 0 bridgehead atoms. The number of amides is 2. The molecule has 2 amide bonds. The van der Waals surface area contributed by atoms with E-state index in [2.05, 4.69) is 10.6 Å². The van der Waals surface area contributed by atoms with Crippen molar-refractivity contribution in [3.05, 3.63) is 172 Å². The molecule has 74 heavy (non-hydrogen) atoms. The lowest BCUT2D eigenvalue weighted by Gasteiger charge is -2.26. The third-order valence-corrected chi connectivity index (χ3v) is 11.8. The van der Waals surface area contributed by atoms with E-state index < -0.39 is 125 Å². The minimum Gasteiger partial charge on any atom is -0.504 e. The summed E-state index contributed by atoms with van der Waals surface area (Å²) in [6.07, 6.45) is -4.22. The number of methoxy groups -OCH3 is 2. The molecule has 0 radical (unpaired) electrons. The van der Waals surface area contributed by atoms with Gasteiger partial charge in [-0.15, -0.1) is 0 Å². The second-order valence-corrected chi connectivity index (χ2v) is 16.7. The van der Waals surface area contributed by atoms with Crippen LogP contribution in [-0.4, -0.2) is 97.9 Å².